The molecular weight excluding hydrogens is 334 g/mol. The third-order valence-corrected chi connectivity index (χ3v) is 3.75. The Bertz CT molecular complexity index is 902. The molecular formula is C19H25N3O4. The van der Waals surface area contributed by atoms with Gasteiger partial charge in [0.2, 0.25) is 0 Å². The monoisotopic (exact) mass is 359 g/mol. The minimum Gasteiger partial charge on any atom is -0.456 e. The van der Waals surface area contributed by atoms with Gasteiger partial charge in [-0.15, -0.1) is 0 Å². The number of aryl methyl sites for hydroxylation is 1. The standard InChI is InChI=1S/C19H25N3O4/c1-19(2,3)26-17(24)14-8-6-13(7-9-14)10-20-11-15-12-21(4)18(25)22(5)16(15)23/h6-9,12,20H,10-11H2,1-5H3. The lowest BCUT2D eigenvalue weighted by atomic mass is 10.1. The summed E-state index contributed by atoms with van der Waals surface area (Å²) in [6, 6.07) is 7.11. The molecule has 7 heteroatoms. The van der Waals surface area contributed by atoms with Crippen LogP contribution in [0.15, 0.2) is 40.1 Å². The Morgan fingerprint density at radius 1 is 1.08 bits per heavy atom. The smallest absolute Gasteiger partial charge is 0.338 e. The Labute approximate surface area is 152 Å². The van der Waals surface area contributed by atoms with Crippen molar-refractivity contribution >= 4 is 5.97 Å². The second kappa shape index (κ2) is 7.70. The summed E-state index contributed by atoms with van der Waals surface area (Å²) < 4.78 is 7.80. The van der Waals surface area contributed by atoms with E-state index < -0.39 is 5.60 Å². The van der Waals surface area contributed by atoms with Gasteiger partial charge in [-0.1, -0.05) is 12.1 Å². The van der Waals surface area contributed by atoms with E-state index in [1.165, 1.54) is 11.6 Å². The average Bonchev–Trinajstić information content (AvgIpc) is 2.56. The second-order valence-electron chi connectivity index (χ2n) is 7.21. The zero-order chi connectivity index (χ0) is 19.5. The lowest BCUT2D eigenvalue weighted by Gasteiger charge is -2.19. The van der Waals surface area contributed by atoms with E-state index >= 15 is 0 Å². The van der Waals surface area contributed by atoms with Crippen molar-refractivity contribution in [2.24, 2.45) is 14.1 Å². The van der Waals surface area contributed by atoms with E-state index in [1.807, 2.05) is 32.9 Å². The fourth-order valence-corrected chi connectivity index (χ4v) is 2.44. The number of ether oxygens (including phenoxy) is 1. The Kier molecular flexibility index (Phi) is 5.82. The van der Waals surface area contributed by atoms with Crippen LogP contribution in [-0.2, 0) is 31.9 Å². The molecule has 0 bridgehead atoms. The number of carbonyl (C=O) groups excluding carboxylic acids is 1. The first kappa shape index (κ1) is 19.7. The van der Waals surface area contributed by atoms with Gasteiger partial charge in [0.1, 0.15) is 5.60 Å². The maximum atomic E-state index is 12.1. The van der Waals surface area contributed by atoms with E-state index in [-0.39, 0.29) is 17.2 Å². The third kappa shape index (κ3) is 4.92. The SMILES string of the molecule is Cn1cc(CNCc2ccc(C(=O)OC(C)(C)C)cc2)c(=O)n(C)c1=O. The average molecular weight is 359 g/mol. The number of rotatable bonds is 5. The van der Waals surface area contributed by atoms with Crippen LogP contribution >= 0.6 is 0 Å². The number of hydrogen-bond acceptors (Lipinski definition) is 5. The number of esters is 1. The summed E-state index contributed by atoms with van der Waals surface area (Å²) in [5.74, 6) is -0.356. The topological polar surface area (TPSA) is 82.3 Å². The van der Waals surface area contributed by atoms with Gasteiger partial charge in [-0.3, -0.25) is 9.36 Å². The van der Waals surface area contributed by atoms with Crippen LogP contribution in [0.2, 0.25) is 0 Å². The Morgan fingerprint density at radius 2 is 1.69 bits per heavy atom. The van der Waals surface area contributed by atoms with Crippen LogP contribution in [0.5, 0.6) is 0 Å². The van der Waals surface area contributed by atoms with Gasteiger partial charge in [0.05, 0.1) is 5.56 Å². The molecule has 1 aromatic carbocycles. The first-order valence-corrected chi connectivity index (χ1v) is 8.37. The molecule has 140 valence electrons. The summed E-state index contributed by atoms with van der Waals surface area (Å²) in [7, 11) is 3.07. The van der Waals surface area contributed by atoms with Crippen LogP contribution < -0.4 is 16.6 Å². The van der Waals surface area contributed by atoms with Crippen molar-refractivity contribution in [3.8, 4) is 0 Å². The second-order valence-corrected chi connectivity index (χ2v) is 7.21. The van der Waals surface area contributed by atoms with Crippen LogP contribution in [0.1, 0.15) is 42.3 Å². The highest BCUT2D eigenvalue weighted by Gasteiger charge is 2.17. The predicted octanol–water partition coefficient (Wildman–Crippen LogP) is 1.33. The van der Waals surface area contributed by atoms with Gasteiger partial charge in [0, 0.05) is 38.9 Å². The first-order valence-electron chi connectivity index (χ1n) is 8.37. The first-order chi connectivity index (χ1) is 12.1. The maximum Gasteiger partial charge on any atom is 0.338 e. The van der Waals surface area contributed by atoms with Gasteiger partial charge in [-0.05, 0) is 38.5 Å². The largest absolute Gasteiger partial charge is 0.456 e. The molecule has 0 aliphatic rings. The minimum absolute atomic E-state index is 0.305. The van der Waals surface area contributed by atoms with E-state index in [0.29, 0.717) is 24.2 Å². The summed E-state index contributed by atoms with van der Waals surface area (Å²) in [4.78, 5) is 35.8. The van der Waals surface area contributed by atoms with E-state index in [0.717, 1.165) is 10.1 Å². The molecule has 0 fully saturated rings. The third-order valence-electron chi connectivity index (χ3n) is 3.75. The molecule has 0 radical (unpaired) electrons. The molecule has 0 atom stereocenters. The number of hydrogen-bond donors (Lipinski definition) is 1. The highest BCUT2D eigenvalue weighted by atomic mass is 16.6. The summed E-state index contributed by atoms with van der Waals surface area (Å²) >= 11 is 0. The summed E-state index contributed by atoms with van der Waals surface area (Å²) in [6.45, 7) is 6.35. The number of nitrogens with one attached hydrogen (secondary N) is 1. The number of benzene rings is 1. The van der Waals surface area contributed by atoms with Crippen LogP contribution in [-0.4, -0.2) is 20.7 Å². The van der Waals surface area contributed by atoms with E-state index in [2.05, 4.69) is 5.32 Å². The molecule has 0 spiro atoms. The Morgan fingerprint density at radius 3 is 2.27 bits per heavy atom. The predicted molar refractivity (Wildman–Crippen MR) is 99.1 cm³/mol. The lowest BCUT2D eigenvalue weighted by molar-refractivity contribution is 0.00695. The minimum atomic E-state index is -0.529. The van der Waals surface area contributed by atoms with E-state index in [4.69, 9.17) is 4.74 Å². The molecule has 7 nitrogen and oxygen atoms in total. The van der Waals surface area contributed by atoms with Gasteiger partial charge in [-0.2, -0.15) is 0 Å². The van der Waals surface area contributed by atoms with Crippen molar-refractivity contribution in [1.29, 1.82) is 0 Å². The van der Waals surface area contributed by atoms with Gasteiger partial charge in [-0.25, -0.2) is 9.59 Å². The van der Waals surface area contributed by atoms with Crippen LogP contribution in [0.4, 0.5) is 0 Å². The van der Waals surface area contributed by atoms with Crippen molar-refractivity contribution < 1.29 is 9.53 Å². The highest BCUT2D eigenvalue weighted by Crippen LogP contribution is 2.13. The van der Waals surface area contributed by atoms with Crippen molar-refractivity contribution in [2.45, 2.75) is 39.5 Å². The van der Waals surface area contributed by atoms with Crippen LogP contribution in [0.3, 0.4) is 0 Å². The molecule has 26 heavy (non-hydrogen) atoms. The molecule has 0 aliphatic carbocycles. The molecule has 0 saturated heterocycles. The lowest BCUT2D eigenvalue weighted by Crippen LogP contribution is -2.39. The summed E-state index contributed by atoms with van der Waals surface area (Å²) in [5.41, 5.74) is 0.797. The quantitative estimate of drug-likeness (QED) is 0.815. The van der Waals surface area contributed by atoms with Gasteiger partial charge < -0.3 is 14.6 Å². The number of aromatic nitrogens is 2. The molecule has 0 unspecified atom stereocenters. The van der Waals surface area contributed by atoms with Gasteiger partial charge in [0.25, 0.3) is 5.56 Å². The fraction of sp³-hybridized carbons (Fsp3) is 0.421. The number of carbonyl (C=O) groups is 1. The molecule has 0 aliphatic heterocycles. The molecule has 0 amide bonds. The van der Waals surface area contributed by atoms with E-state index in [1.54, 1.807) is 25.4 Å². The maximum absolute atomic E-state index is 12.1. The Hall–Kier alpha value is -2.67. The molecule has 0 saturated carbocycles. The Balaban J connectivity index is 1.98. The number of nitrogens with zero attached hydrogens (tertiary/aromatic N) is 2. The van der Waals surface area contributed by atoms with Crippen molar-refractivity contribution in [3.63, 3.8) is 0 Å². The summed E-state index contributed by atoms with van der Waals surface area (Å²) in [5, 5.41) is 3.17. The van der Waals surface area contributed by atoms with Gasteiger partial charge in [0.15, 0.2) is 0 Å². The normalized spacial score (nSPS) is 11.4. The molecule has 2 rings (SSSR count). The highest BCUT2D eigenvalue weighted by molar-refractivity contribution is 5.89. The van der Waals surface area contributed by atoms with Crippen molar-refractivity contribution in [2.75, 3.05) is 0 Å². The van der Waals surface area contributed by atoms with Crippen molar-refractivity contribution in [3.05, 3.63) is 68.0 Å². The molecule has 1 aromatic heterocycles. The molecule has 1 N–H and O–H groups in total. The summed E-state index contributed by atoms with van der Waals surface area (Å²) in [6.07, 6.45) is 1.54. The zero-order valence-corrected chi connectivity index (χ0v) is 15.8. The van der Waals surface area contributed by atoms with Crippen LogP contribution in [0, 0.1) is 0 Å². The zero-order valence-electron chi connectivity index (χ0n) is 15.8. The molecule has 2 aromatic rings. The fourth-order valence-electron chi connectivity index (χ4n) is 2.44. The molecule has 1 heterocycles. The van der Waals surface area contributed by atoms with Crippen molar-refractivity contribution in [1.82, 2.24) is 14.5 Å². The van der Waals surface area contributed by atoms with Gasteiger partial charge >= 0.3 is 11.7 Å². The van der Waals surface area contributed by atoms with E-state index in [9.17, 15) is 14.4 Å². The van der Waals surface area contributed by atoms with Crippen LogP contribution in [0.25, 0.3) is 0 Å².